The molecule has 5 rings (SSSR count). The highest BCUT2D eigenvalue weighted by atomic mass is 15.1. The zero-order valence-corrected chi connectivity index (χ0v) is 15.0. The van der Waals surface area contributed by atoms with Crippen molar-refractivity contribution in [2.75, 3.05) is 0 Å². The zero-order valence-electron chi connectivity index (χ0n) is 15.0. The first kappa shape index (κ1) is 14.9. The lowest BCUT2D eigenvalue weighted by atomic mass is 9.91. The summed E-state index contributed by atoms with van der Waals surface area (Å²) in [6.07, 6.45) is 10.0. The first-order valence-electron chi connectivity index (χ1n) is 9.45. The first-order valence-corrected chi connectivity index (χ1v) is 9.45. The molecule has 25 heavy (non-hydrogen) atoms. The predicted molar refractivity (Wildman–Crippen MR) is 105 cm³/mol. The quantitative estimate of drug-likeness (QED) is 0.554. The van der Waals surface area contributed by atoms with Crippen LogP contribution in [0.2, 0.25) is 0 Å². The molecule has 2 heteroatoms. The molecule has 0 N–H and O–H groups in total. The fourth-order valence-corrected chi connectivity index (χ4v) is 4.59. The number of nitrogens with zero attached hydrogens (tertiary/aromatic N) is 2. The monoisotopic (exact) mass is 328 g/mol. The Labute approximate surface area is 149 Å². The number of aromatic nitrogens is 2. The molecule has 0 atom stereocenters. The van der Waals surface area contributed by atoms with Gasteiger partial charge in [0.15, 0.2) is 0 Å². The summed E-state index contributed by atoms with van der Waals surface area (Å²) in [5.74, 6) is 1.80. The summed E-state index contributed by atoms with van der Waals surface area (Å²) in [5, 5.41) is 0. The standard InChI is InChI=1S/C23H24N2/c1-23(2)13-12-18-14-19(16-8-6-7-9-16)15-20-21(18)25(23)22(24-20)17-10-4-3-5-11-17/h3-5,10-16H,6-9H2,1-2H3. The topological polar surface area (TPSA) is 17.8 Å². The molecule has 1 aromatic heterocycles. The van der Waals surface area contributed by atoms with Gasteiger partial charge in [0, 0.05) is 11.1 Å². The molecule has 2 aliphatic rings. The molecule has 1 fully saturated rings. The van der Waals surface area contributed by atoms with Gasteiger partial charge < -0.3 is 4.57 Å². The zero-order chi connectivity index (χ0) is 17.0. The Morgan fingerprint density at radius 3 is 2.56 bits per heavy atom. The van der Waals surface area contributed by atoms with Gasteiger partial charge >= 0.3 is 0 Å². The van der Waals surface area contributed by atoms with Crippen LogP contribution >= 0.6 is 0 Å². The Hall–Kier alpha value is -2.35. The second kappa shape index (κ2) is 5.32. The van der Waals surface area contributed by atoms with E-state index < -0.39 is 0 Å². The molecule has 1 aliphatic carbocycles. The van der Waals surface area contributed by atoms with Gasteiger partial charge in [-0.2, -0.15) is 0 Å². The second-order valence-electron chi connectivity index (χ2n) is 8.08. The van der Waals surface area contributed by atoms with E-state index in [1.807, 2.05) is 0 Å². The van der Waals surface area contributed by atoms with Crippen LogP contribution in [0, 0.1) is 0 Å². The first-order chi connectivity index (χ1) is 12.1. The van der Waals surface area contributed by atoms with Crippen LogP contribution in [0.3, 0.4) is 0 Å². The van der Waals surface area contributed by atoms with Crippen LogP contribution < -0.4 is 0 Å². The minimum Gasteiger partial charge on any atom is -0.314 e. The minimum absolute atomic E-state index is 0.0677. The van der Waals surface area contributed by atoms with E-state index in [1.54, 1.807) is 0 Å². The van der Waals surface area contributed by atoms with Crippen molar-refractivity contribution in [3.05, 3.63) is 59.7 Å². The third kappa shape index (κ3) is 2.27. The summed E-state index contributed by atoms with van der Waals surface area (Å²) in [5.41, 5.74) is 6.36. The number of hydrogen-bond donors (Lipinski definition) is 0. The average Bonchev–Trinajstić information content (AvgIpc) is 3.27. The van der Waals surface area contributed by atoms with Crippen LogP contribution in [0.15, 0.2) is 48.5 Å². The van der Waals surface area contributed by atoms with Crippen molar-refractivity contribution in [3.8, 4) is 11.4 Å². The van der Waals surface area contributed by atoms with Crippen LogP contribution in [0.5, 0.6) is 0 Å². The largest absolute Gasteiger partial charge is 0.314 e. The predicted octanol–water partition coefficient (Wildman–Crippen LogP) is 6.12. The van der Waals surface area contributed by atoms with Crippen molar-refractivity contribution in [3.63, 3.8) is 0 Å². The summed E-state index contributed by atoms with van der Waals surface area (Å²) < 4.78 is 2.42. The summed E-state index contributed by atoms with van der Waals surface area (Å²) in [6.45, 7) is 4.54. The Balaban J connectivity index is 1.79. The highest BCUT2D eigenvalue weighted by Crippen LogP contribution is 2.41. The average molecular weight is 328 g/mol. The van der Waals surface area contributed by atoms with Crippen molar-refractivity contribution in [1.82, 2.24) is 9.55 Å². The maximum Gasteiger partial charge on any atom is 0.141 e. The molecule has 0 bridgehead atoms. The Bertz CT molecular complexity index is 970. The van der Waals surface area contributed by atoms with E-state index in [0.29, 0.717) is 5.92 Å². The van der Waals surface area contributed by atoms with Crippen molar-refractivity contribution >= 4 is 17.1 Å². The van der Waals surface area contributed by atoms with Gasteiger partial charge in [0.05, 0.1) is 16.6 Å². The van der Waals surface area contributed by atoms with E-state index in [2.05, 4.69) is 73.0 Å². The molecule has 2 nitrogen and oxygen atoms in total. The third-order valence-electron chi connectivity index (χ3n) is 5.91. The molecule has 0 unspecified atom stereocenters. The lowest BCUT2D eigenvalue weighted by Crippen LogP contribution is -2.26. The van der Waals surface area contributed by atoms with E-state index in [0.717, 1.165) is 11.3 Å². The Kier molecular flexibility index (Phi) is 3.18. The highest BCUT2D eigenvalue weighted by Gasteiger charge is 2.29. The van der Waals surface area contributed by atoms with E-state index in [-0.39, 0.29) is 5.54 Å². The SMILES string of the molecule is CC1(C)C=Cc2cc(C3CCCC3)cc3nc(-c4ccccc4)n1c23. The number of rotatable bonds is 2. The molecular weight excluding hydrogens is 304 g/mol. The van der Waals surface area contributed by atoms with Gasteiger partial charge in [-0.15, -0.1) is 0 Å². The molecule has 3 aromatic rings. The Morgan fingerprint density at radius 2 is 1.80 bits per heavy atom. The molecule has 2 heterocycles. The van der Waals surface area contributed by atoms with E-state index >= 15 is 0 Å². The van der Waals surface area contributed by atoms with Gasteiger partial charge in [0.25, 0.3) is 0 Å². The van der Waals surface area contributed by atoms with Crippen molar-refractivity contribution in [2.45, 2.75) is 51.0 Å². The van der Waals surface area contributed by atoms with Gasteiger partial charge in [-0.3, -0.25) is 0 Å². The number of imidazole rings is 1. The molecule has 0 amide bonds. The van der Waals surface area contributed by atoms with Crippen molar-refractivity contribution in [1.29, 1.82) is 0 Å². The van der Waals surface area contributed by atoms with Crippen molar-refractivity contribution in [2.24, 2.45) is 0 Å². The van der Waals surface area contributed by atoms with Gasteiger partial charge in [-0.25, -0.2) is 4.98 Å². The van der Waals surface area contributed by atoms with Crippen LogP contribution in [-0.2, 0) is 5.54 Å². The summed E-state index contributed by atoms with van der Waals surface area (Å²) in [4.78, 5) is 5.11. The summed E-state index contributed by atoms with van der Waals surface area (Å²) in [6, 6.07) is 15.4. The van der Waals surface area contributed by atoms with Crippen molar-refractivity contribution < 1.29 is 0 Å². The molecule has 1 saturated carbocycles. The molecule has 0 saturated heterocycles. The maximum atomic E-state index is 5.11. The highest BCUT2D eigenvalue weighted by molar-refractivity contribution is 5.91. The molecule has 0 spiro atoms. The van der Waals surface area contributed by atoms with Gasteiger partial charge in [0.2, 0.25) is 0 Å². The second-order valence-corrected chi connectivity index (χ2v) is 8.08. The molecule has 1 aliphatic heterocycles. The summed E-state index contributed by atoms with van der Waals surface area (Å²) >= 11 is 0. The van der Waals surface area contributed by atoms with Crippen LogP contribution in [0.25, 0.3) is 28.5 Å². The van der Waals surface area contributed by atoms with E-state index in [9.17, 15) is 0 Å². The fraction of sp³-hybridized carbons (Fsp3) is 0.348. The lowest BCUT2D eigenvalue weighted by molar-refractivity contribution is 0.472. The number of hydrogen-bond acceptors (Lipinski definition) is 1. The molecular formula is C23H24N2. The van der Waals surface area contributed by atoms with Gasteiger partial charge in [0.1, 0.15) is 5.82 Å². The number of benzene rings is 2. The molecule has 2 aromatic carbocycles. The summed E-state index contributed by atoms with van der Waals surface area (Å²) in [7, 11) is 0. The normalized spacial score (nSPS) is 19.0. The van der Waals surface area contributed by atoms with E-state index in [4.69, 9.17) is 4.98 Å². The van der Waals surface area contributed by atoms with Crippen LogP contribution in [-0.4, -0.2) is 9.55 Å². The lowest BCUT2D eigenvalue weighted by Gasteiger charge is -2.30. The van der Waals surface area contributed by atoms with Gasteiger partial charge in [-0.1, -0.05) is 55.3 Å². The van der Waals surface area contributed by atoms with E-state index in [1.165, 1.54) is 47.9 Å². The number of allylic oxidation sites excluding steroid dienone is 1. The molecule has 0 radical (unpaired) electrons. The maximum absolute atomic E-state index is 5.11. The minimum atomic E-state index is -0.0677. The smallest absolute Gasteiger partial charge is 0.141 e. The van der Waals surface area contributed by atoms with Crippen LogP contribution in [0.4, 0.5) is 0 Å². The fourth-order valence-electron chi connectivity index (χ4n) is 4.59. The Morgan fingerprint density at radius 1 is 1.04 bits per heavy atom. The molecule has 126 valence electrons. The third-order valence-corrected chi connectivity index (χ3v) is 5.91. The van der Waals surface area contributed by atoms with Gasteiger partial charge in [-0.05, 0) is 50.3 Å². The van der Waals surface area contributed by atoms with Crippen LogP contribution in [0.1, 0.15) is 56.6 Å².